The number of nitrogens with zero attached hydrogens (tertiary/aromatic N) is 3. The van der Waals surface area contributed by atoms with E-state index in [-0.39, 0.29) is 42.0 Å². The van der Waals surface area contributed by atoms with E-state index in [0.29, 0.717) is 103 Å². The Morgan fingerprint density at radius 2 is 1.44 bits per heavy atom. The highest BCUT2D eigenvalue weighted by molar-refractivity contribution is 5.95. The van der Waals surface area contributed by atoms with Crippen molar-refractivity contribution in [1.29, 1.82) is 0 Å². The SMILES string of the molecule is C#CCOCCOCCOCCOCCOCCOCCNC(=O)CCC(C)(C)NC(=O)c1ccc(NCc2cnc3nc(N)[nH]c(=O)c3n2)cc1. The standard InChI is InChI=1S/C35H50N8O9/c1-4-12-47-14-16-49-18-20-51-22-23-52-21-19-50-17-15-48-13-11-37-29(44)9-10-35(2,3)43-32(45)26-5-7-27(8-6-26)38-24-28-25-39-31-30(40-28)33(46)42-34(36)41-31/h1,5-8,25,38H,9-24H2,2-3H3,(H,37,44)(H,43,45)(H3,36,39,41,42,46). The molecule has 0 aliphatic rings. The average Bonchev–Trinajstić information content (AvgIpc) is 3.12. The molecular formula is C35H50N8O9. The van der Waals surface area contributed by atoms with E-state index >= 15 is 0 Å². The van der Waals surface area contributed by atoms with Gasteiger partial charge in [0.25, 0.3) is 11.5 Å². The maximum Gasteiger partial charge on any atom is 0.280 e. The number of amides is 2. The Balaban J connectivity index is 1.17. The lowest BCUT2D eigenvalue weighted by molar-refractivity contribution is -0.121. The first-order valence-electron chi connectivity index (χ1n) is 17.0. The van der Waals surface area contributed by atoms with Crippen LogP contribution in [0.3, 0.4) is 0 Å². The van der Waals surface area contributed by atoms with Crippen LogP contribution in [0.4, 0.5) is 11.6 Å². The number of carbonyl (C=O) groups is 2. The zero-order valence-electron chi connectivity index (χ0n) is 29.9. The summed E-state index contributed by atoms with van der Waals surface area (Å²) in [5.74, 6) is 1.98. The molecule has 2 aromatic heterocycles. The van der Waals surface area contributed by atoms with Crippen LogP contribution in [0.5, 0.6) is 0 Å². The number of nitrogens with one attached hydrogen (secondary N) is 4. The normalized spacial score (nSPS) is 11.3. The lowest BCUT2D eigenvalue weighted by Gasteiger charge is -2.26. The van der Waals surface area contributed by atoms with Gasteiger partial charge in [0.1, 0.15) is 6.61 Å². The Kier molecular flexibility index (Phi) is 19.0. The Bertz CT molecular complexity index is 1610. The summed E-state index contributed by atoms with van der Waals surface area (Å²) in [5, 5.41) is 9.01. The topological polar surface area (TPSA) is 223 Å². The molecule has 0 aliphatic carbocycles. The zero-order chi connectivity index (χ0) is 37.4. The van der Waals surface area contributed by atoms with Crippen molar-refractivity contribution >= 4 is 34.6 Å². The van der Waals surface area contributed by atoms with Crippen molar-refractivity contribution in [2.45, 2.75) is 38.8 Å². The monoisotopic (exact) mass is 726 g/mol. The van der Waals surface area contributed by atoms with Gasteiger partial charge in [-0.2, -0.15) is 4.98 Å². The first-order chi connectivity index (χ1) is 25.2. The van der Waals surface area contributed by atoms with E-state index in [9.17, 15) is 14.4 Å². The van der Waals surface area contributed by atoms with Gasteiger partial charge in [0.15, 0.2) is 11.2 Å². The fourth-order valence-electron chi connectivity index (χ4n) is 4.44. The Morgan fingerprint density at radius 1 is 0.865 bits per heavy atom. The van der Waals surface area contributed by atoms with Gasteiger partial charge in [0.2, 0.25) is 11.9 Å². The molecule has 284 valence electrons. The minimum absolute atomic E-state index is 0.0245. The maximum absolute atomic E-state index is 12.9. The molecule has 52 heavy (non-hydrogen) atoms. The minimum Gasteiger partial charge on any atom is -0.379 e. The van der Waals surface area contributed by atoms with Crippen molar-refractivity contribution in [1.82, 2.24) is 30.6 Å². The number of aromatic amines is 1. The summed E-state index contributed by atoms with van der Waals surface area (Å²) in [7, 11) is 0. The summed E-state index contributed by atoms with van der Waals surface area (Å²) >= 11 is 0. The number of fused-ring (bicyclic) bond motifs is 1. The van der Waals surface area contributed by atoms with Crippen LogP contribution in [0, 0.1) is 12.3 Å². The lowest BCUT2D eigenvalue weighted by Crippen LogP contribution is -2.44. The summed E-state index contributed by atoms with van der Waals surface area (Å²) in [5.41, 5.74) is 6.49. The third-order valence-electron chi connectivity index (χ3n) is 7.15. The molecule has 2 amide bonds. The molecule has 2 heterocycles. The van der Waals surface area contributed by atoms with Gasteiger partial charge in [-0.25, -0.2) is 9.97 Å². The second-order valence-corrected chi connectivity index (χ2v) is 11.9. The fourth-order valence-corrected chi connectivity index (χ4v) is 4.44. The van der Waals surface area contributed by atoms with E-state index in [2.05, 4.69) is 41.8 Å². The molecule has 0 fully saturated rings. The number of benzene rings is 1. The molecule has 0 unspecified atom stereocenters. The smallest absolute Gasteiger partial charge is 0.280 e. The average molecular weight is 727 g/mol. The van der Waals surface area contributed by atoms with Crippen molar-refractivity contribution in [2.75, 3.05) is 96.9 Å². The van der Waals surface area contributed by atoms with E-state index in [1.165, 1.54) is 6.20 Å². The second kappa shape index (κ2) is 23.7. The highest BCUT2D eigenvalue weighted by Gasteiger charge is 2.22. The first-order valence-corrected chi connectivity index (χ1v) is 17.0. The molecule has 6 N–H and O–H groups in total. The lowest BCUT2D eigenvalue weighted by atomic mass is 9.97. The summed E-state index contributed by atoms with van der Waals surface area (Å²) in [4.78, 5) is 52.2. The van der Waals surface area contributed by atoms with Gasteiger partial charge in [-0.1, -0.05) is 5.92 Å². The predicted molar refractivity (Wildman–Crippen MR) is 194 cm³/mol. The Hall–Kier alpha value is -4.70. The molecule has 0 atom stereocenters. The van der Waals surface area contributed by atoms with E-state index in [1.807, 2.05) is 13.8 Å². The zero-order valence-corrected chi connectivity index (χ0v) is 29.9. The number of hydrogen-bond acceptors (Lipinski definition) is 14. The number of carbonyl (C=O) groups excluding carboxylic acids is 2. The van der Waals surface area contributed by atoms with Gasteiger partial charge >= 0.3 is 0 Å². The molecule has 0 spiro atoms. The van der Waals surface area contributed by atoms with Crippen LogP contribution in [0.25, 0.3) is 11.2 Å². The molecule has 0 saturated carbocycles. The van der Waals surface area contributed by atoms with Gasteiger partial charge in [-0.05, 0) is 44.5 Å². The molecule has 17 nitrogen and oxygen atoms in total. The van der Waals surface area contributed by atoms with Crippen molar-refractivity contribution in [3.63, 3.8) is 0 Å². The number of hydrogen-bond donors (Lipinski definition) is 5. The van der Waals surface area contributed by atoms with E-state index < -0.39 is 11.1 Å². The van der Waals surface area contributed by atoms with Crippen molar-refractivity contribution < 1.29 is 38.0 Å². The van der Waals surface area contributed by atoms with Gasteiger partial charge in [-0.15, -0.1) is 6.42 Å². The molecule has 3 aromatic rings. The molecule has 0 saturated heterocycles. The molecule has 0 radical (unpaired) electrons. The van der Waals surface area contributed by atoms with Crippen LogP contribution in [-0.4, -0.2) is 123 Å². The Labute approximate surface area is 303 Å². The third-order valence-corrected chi connectivity index (χ3v) is 7.15. The van der Waals surface area contributed by atoms with Crippen LogP contribution in [0.2, 0.25) is 0 Å². The van der Waals surface area contributed by atoms with Crippen LogP contribution in [-0.2, 0) is 39.8 Å². The van der Waals surface area contributed by atoms with Gasteiger partial charge in [0.05, 0.1) is 91.1 Å². The molecule has 3 rings (SSSR count). The third kappa shape index (κ3) is 17.0. The number of H-pyrrole nitrogens is 1. The largest absolute Gasteiger partial charge is 0.379 e. The molecule has 0 bridgehead atoms. The molecule has 1 aromatic carbocycles. The molecular weight excluding hydrogens is 676 g/mol. The van der Waals surface area contributed by atoms with Crippen LogP contribution < -0.4 is 27.2 Å². The number of aromatic nitrogens is 4. The van der Waals surface area contributed by atoms with E-state index in [0.717, 1.165) is 5.69 Å². The van der Waals surface area contributed by atoms with Crippen LogP contribution in [0.15, 0.2) is 35.3 Å². The number of rotatable bonds is 27. The second-order valence-electron chi connectivity index (χ2n) is 11.9. The van der Waals surface area contributed by atoms with E-state index in [1.54, 1.807) is 24.3 Å². The van der Waals surface area contributed by atoms with Gasteiger partial charge in [-0.3, -0.25) is 19.4 Å². The van der Waals surface area contributed by atoms with Crippen molar-refractivity contribution in [3.8, 4) is 12.3 Å². The Morgan fingerprint density at radius 3 is 2.04 bits per heavy atom. The minimum atomic E-state index is -0.615. The molecule has 0 aliphatic heterocycles. The number of nitrogen functional groups attached to an aromatic ring is 1. The highest BCUT2D eigenvalue weighted by atomic mass is 16.6. The molecule has 17 heteroatoms. The number of ether oxygens (including phenoxy) is 6. The number of terminal acetylenes is 1. The quantitative estimate of drug-likeness (QED) is 0.0547. The maximum atomic E-state index is 12.9. The van der Waals surface area contributed by atoms with Gasteiger partial charge in [0, 0.05) is 29.8 Å². The predicted octanol–water partition coefficient (Wildman–Crippen LogP) is 1.05. The van der Waals surface area contributed by atoms with E-state index in [4.69, 9.17) is 40.6 Å². The number of anilines is 2. The van der Waals surface area contributed by atoms with Crippen molar-refractivity contribution in [3.05, 3.63) is 52.1 Å². The summed E-state index contributed by atoms with van der Waals surface area (Å²) < 4.78 is 32.3. The van der Waals surface area contributed by atoms with Crippen LogP contribution in [0.1, 0.15) is 42.7 Å². The van der Waals surface area contributed by atoms with Crippen LogP contribution >= 0.6 is 0 Å². The first kappa shape index (κ1) is 41.7. The highest BCUT2D eigenvalue weighted by Crippen LogP contribution is 2.15. The fraction of sp³-hybridized carbons (Fsp3) is 0.543. The summed E-state index contributed by atoms with van der Waals surface area (Å²) in [6.45, 7) is 9.62. The number of nitrogens with two attached hydrogens (primary N) is 1. The summed E-state index contributed by atoms with van der Waals surface area (Å²) in [6, 6.07) is 6.93. The van der Waals surface area contributed by atoms with Crippen molar-refractivity contribution in [2.24, 2.45) is 0 Å². The summed E-state index contributed by atoms with van der Waals surface area (Å²) in [6.07, 6.45) is 7.29. The van der Waals surface area contributed by atoms with Gasteiger partial charge < -0.3 is 50.1 Å².